The predicted molar refractivity (Wildman–Crippen MR) is 139 cm³/mol. The molecule has 1 aromatic carbocycles. The predicted octanol–water partition coefficient (Wildman–Crippen LogP) is 3.93. The largest absolute Gasteiger partial charge is 0.432 e. The Bertz CT molecular complexity index is 1550. The molecule has 1 aliphatic heterocycles. The van der Waals surface area contributed by atoms with E-state index in [1.807, 2.05) is 36.4 Å². The third-order valence-electron chi connectivity index (χ3n) is 5.81. The maximum Gasteiger partial charge on any atom is 0.257 e. The van der Waals surface area contributed by atoms with Gasteiger partial charge in [-0.05, 0) is 36.4 Å². The molecule has 6 rings (SSSR count). The van der Waals surface area contributed by atoms with Crippen LogP contribution >= 0.6 is 12.4 Å². The van der Waals surface area contributed by atoms with Crippen LogP contribution in [0.15, 0.2) is 65.3 Å². The van der Waals surface area contributed by atoms with Gasteiger partial charge in [0.25, 0.3) is 5.91 Å². The highest BCUT2D eigenvalue weighted by Gasteiger charge is 2.23. The summed E-state index contributed by atoms with van der Waals surface area (Å²) in [5.41, 5.74) is 9.21. The van der Waals surface area contributed by atoms with E-state index in [-0.39, 0.29) is 18.3 Å². The van der Waals surface area contributed by atoms with Gasteiger partial charge in [0.2, 0.25) is 5.71 Å². The summed E-state index contributed by atoms with van der Waals surface area (Å²) in [6.07, 6.45) is 3.13. The number of amides is 1. The molecule has 5 heterocycles. The van der Waals surface area contributed by atoms with Crippen molar-refractivity contribution >= 4 is 57.8 Å². The smallest absolute Gasteiger partial charge is 0.257 e. The number of carbonyl (C=O) groups excluding carboxylic acids is 1. The fourth-order valence-electron chi connectivity index (χ4n) is 4.06. The van der Waals surface area contributed by atoms with E-state index in [1.54, 1.807) is 18.3 Å². The van der Waals surface area contributed by atoms with Crippen LogP contribution in [-0.4, -0.2) is 52.1 Å². The zero-order valence-electron chi connectivity index (χ0n) is 19.0. The summed E-state index contributed by atoms with van der Waals surface area (Å²) in [5, 5.41) is 3.72. The van der Waals surface area contributed by atoms with E-state index in [1.165, 1.54) is 6.20 Å². The standard InChI is InChI=1S/C25H21N7O3.ClH/c26-19-7-6-16(14-28-19)24(33)29-17-4-1-3-15(13-17)22-30-20-18-5-2-8-27-25(18)35-21(20)23(31-22)32-9-11-34-12-10-32;/h1-8,13-14H,9-12H2,(H2,26,28)(H,29,33);1H. The number of halogens is 1. The quantitative estimate of drug-likeness (QED) is 0.374. The number of rotatable bonds is 4. The number of aromatic nitrogens is 4. The van der Waals surface area contributed by atoms with E-state index in [4.69, 9.17) is 24.9 Å². The second-order valence-electron chi connectivity index (χ2n) is 8.11. The summed E-state index contributed by atoms with van der Waals surface area (Å²) in [6, 6.07) is 14.4. The van der Waals surface area contributed by atoms with E-state index in [0.717, 1.165) is 10.9 Å². The minimum Gasteiger partial charge on any atom is -0.432 e. The van der Waals surface area contributed by atoms with Gasteiger partial charge in [0.1, 0.15) is 11.3 Å². The molecule has 0 atom stereocenters. The molecule has 1 aliphatic rings. The zero-order chi connectivity index (χ0) is 23.8. The van der Waals surface area contributed by atoms with Gasteiger partial charge in [-0.15, -0.1) is 12.4 Å². The van der Waals surface area contributed by atoms with Crippen LogP contribution in [-0.2, 0) is 4.74 Å². The number of hydrogen-bond acceptors (Lipinski definition) is 9. The number of nitrogens with zero attached hydrogens (tertiary/aromatic N) is 5. The fourth-order valence-corrected chi connectivity index (χ4v) is 4.06. The van der Waals surface area contributed by atoms with Crippen LogP contribution < -0.4 is 16.0 Å². The number of hydrogen-bond donors (Lipinski definition) is 2. The normalized spacial score (nSPS) is 13.5. The van der Waals surface area contributed by atoms with E-state index >= 15 is 0 Å². The highest BCUT2D eigenvalue weighted by molar-refractivity contribution is 6.06. The lowest BCUT2D eigenvalue weighted by Crippen LogP contribution is -2.37. The number of fused-ring (bicyclic) bond motifs is 3. The summed E-state index contributed by atoms with van der Waals surface area (Å²) >= 11 is 0. The van der Waals surface area contributed by atoms with Crippen molar-refractivity contribution in [3.05, 3.63) is 66.5 Å². The number of nitrogens with one attached hydrogen (secondary N) is 1. The molecule has 5 aromatic rings. The Kier molecular flexibility index (Phi) is 6.36. The van der Waals surface area contributed by atoms with Crippen molar-refractivity contribution < 1.29 is 13.9 Å². The van der Waals surface area contributed by atoms with Crippen LogP contribution in [0.2, 0.25) is 0 Å². The lowest BCUT2D eigenvalue weighted by atomic mass is 10.1. The summed E-state index contributed by atoms with van der Waals surface area (Å²) in [6.45, 7) is 2.62. The molecule has 1 amide bonds. The van der Waals surface area contributed by atoms with Gasteiger partial charge < -0.3 is 25.1 Å². The van der Waals surface area contributed by atoms with Gasteiger partial charge in [-0.2, -0.15) is 0 Å². The first-order chi connectivity index (χ1) is 17.2. The van der Waals surface area contributed by atoms with Gasteiger partial charge in [0.15, 0.2) is 17.2 Å². The zero-order valence-corrected chi connectivity index (χ0v) is 19.9. The average molecular weight is 504 g/mol. The lowest BCUT2D eigenvalue weighted by molar-refractivity contribution is 0.102. The number of nitrogens with two attached hydrogens (primary N) is 1. The van der Waals surface area contributed by atoms with E-state index < -0.39 is 0 Å². The second-order valence-corrected chi connectivity index (χ2v) is 8.11. The molecule has 11 heteroatoms. The van der Waals surface area contributed by atoms with Gasteiger partial charge in [0, 0.05) is 36.7 Å². The summed E-state index contributed by atoms with van der Waals surface area (Å²) in [5.74, 6) is 1.30. The van der Waals surface area contributed by atoms with Crippen molar-refractivity contribution in [2.75, 3.05) is 42.3 Å². The maximum absolute atomic E-state index is 12.7. The topological polar surface area (TPSA) is 132 Å². The van der Waals surface area contributed by atoms with Crippen molar-refractivity contribution in [3.63, 3.8) is 0 Å². The fraction of sp³-hybridized carbons (Fsp3) is 0.160. The Morgan fingerprint density at radius 2 is 1.89 bits per heavy atom. The monoisotopic (exact) mass is 503 g/mol. The van der Waals surface area contributed by atoms with E-state index in [9.17, 15) is 4.79 Å². The molecule has 0 bridgehead atoms. The first-order valence-corrected chi connectivity index (χ1v) is 11.2. The molecule has 36 heavy (non-hydrogen) atoms. The molecule has 0 unspecified atom stereocenters. The highest BCUT2D eigenvalue weighted by Crippen LogP contribution is 2.34. The number of ether oxygens (including phenoxy) is 1. The molecule has 0 saturated carbocycles. The SMILES string of the molecule is Cl.Nc1ccc(C(=O)Nc2cccc(-c3nc(N4CCOCC4)c4oc5ncccc5c4n3)c2)cn1. The minimum atomic E-state index is -0.285. The first kappa shape index (κ1) is 23.5. The molecular formula is C25H22ClN7O3. The maximum atomic E-state index is 12.7. The number of benzene rings is 1. The number of pyridine rings is 2. The molecule has 3 N–H and O–H groups in total. The molecule has 0 spiro atoms. The third kappa shape index (κ3) is 4.39. The van der Waals surface area contributed by atoms with Crippen LogP contribution in [0.1, 0.15) is 10.4 Å². The molecule has 4 aromatic heterocycles. The Morgan fingerprint density at radius 1 is 1.03 bits per heavy atom. The van der Waals surface area contributed by atoms with E-state index in [0.29, 0.717) is 71.8 Å². The van der Waals surface area contributed by atoms with Crippen molar-refractivity contribution in [2.45, 2.75) is 0 Å². The van der Waals surface area contributed by atoms with Crippen molar-refractivity contribution in [1.29, 1.82) is 0 Å². The van der Waals surface area contributed by atoms with Crippen LogP contribution in [0.25, 0.3) is 33.6 Å². The van der Waals surface area contributed by atoms with Crippen LogP contribution in [0, 0.1) is 0 Å². The van der Waals surface area contributed by atoms with Gasteiger partial charge in [-0.25, -0.2) is 19.9 Å². The Hall–Kier alpha value is -4.28. The van der Waals surface area contributed by atoms with Gasteiger partial charge in [0.05, 0.1) is 24.2 Å². The molecule has 0 radical (unpaired) electrons. The van der Waals surface area contributed by atoms with Gasteiger partial charge in [-0.1, -0.05) is 12.1 Å². The van der Waals surface area contributed by atoms with Crippen molar-refractivity contribution in [3.8, 4) is 11.4 Å². The number of furan rings is 1. The molecule has 0 aliphatic carbocycles. The Balaban J connectivity index is 0.00000267. The average Bonchev–Trinajstić information content (AvgIpc) is 3.28. The molecule has 1 saturated heterocycles. The molecule has 1 fully saturated rings. The number of nitrogen functional groups attached to an aromatic ring is 1. The van der Waals surface area contributed by atoms with Crippen LogP contribution in [0.4, 0.5) is 17.3 Å². The molecule has 182 valence electrons. The first-order valence-electron chi connectivity index (χ1n) is 11.2. The van der Waals surface area contributed by atoms with Crippen molar-refractivity contribution in [1.82, 2.24) is 19.9 Å². The summed E-state index contributed by atoms with van der Waals surface area (Å²) < 4.78 is 11.6. The van der Waals surface area contributed by atoms with Crippen LogP contribution in [0.5, 0.6) is 0 Å². The van der Waals surface area contributed by atoms with Crippen molar-refractivity contribution in [2.24, 2.45) is 0 Å². The number of anilines is 3. The van der Waals surface area contributed by atoms with E-state index in [2.05, 4.69) is 20.2 Å². The lowest BCUT2D eigenvalue weighted by Gasteiger charge is -2.27. The van der Waals surface area contributed by atoms with Gasteiger partial charge in [-0.3, -0.25) is 4.79 Å². The summed E-state index contributed by atoms with van der Waals surface area (Å²) in [7, 11) is 0. The molecular weight excluding hydrogens is 482 g/mol. The minimum absolute atomic E-state index is 0. The Morgan fingerprint density at radius 3 is 2.69 bits per heavy atom. The highest BCUT2D eigenvalue weighted by atomic mass is 35.5. The van der Waals surface area contributed by atoms with Gasteiger partial charge >= 0.3 is 0 Å². The number of carbonyl (C=O) groups is 1. The van der Waals surface area contributed by atoms with Crippen LogP contribution in [0.3, 0.4) is 0 Å². The second kappa shape index (κ2) is 9.76. The third-order valence-corrected chi connectivity index (χ3v) is 5.81. The molecule has 10 nitrogen and oxygen atoms in total. The Labute approximate surface area is 211 Å². The number of morpholine rings is 1. The summed E-state index contributed by atoms with van der Waals surface area (Å²) in [4.78, 5) is 32.8.